The molecule has 3 nitrogen and oxygen atoms in total. The van der Waals surface area contributed by atoms with E-state index in [4.69, 9.17) is 4.74 Å². The third-order valence-electron chi connectivity index (χ3n) is 3.76. The van der Waals surface area contributed by atoms with Crippen molar-refractivity contribution in [3.05, 3.63) is 29.8 Å². The lowest BCUT2D eigenvalue weighted by Crippen LogP contribution is -2.48. The Kier molecular flexibility index (Phi) is 5.83. The molecular weight excluding hydrogens is 238 g/mol. The van der Waals surface area contributed by atoms with Crippen LogP contribution in [0.4, 0.5) is 0 Å². The van der Waals surface area contributed by atoms with Crippen molar-refractivity contribution >= 4 is 0 Å². The summed E-state index contributed by atoms with van der Waals surface area (Å²) in [6, 6.07) is 7.74. The highest BCUT2D eigenvalue weighted by Gasteiger charge is 2.35. The molecular formula is C16H27NO2. The molecule has 0 saturated heterocycles. The van der Waals surface area contributed by atoms with Gasteiger partial charge in [0.05, 0.1) is 6.61 Å². The van der Waals surface area contributed by atoms with Crippen molar-refractivity contribution in [1.29, 1.82) is 0 Å². The van der Waals surface area contributed by atoms with E-state index in [2.05, 4.69) is 32.6 Å². The van der Waals surface area contributed by atoms with E-state index in [0.717, 1.165) is 24.4 Å². The molecule has 0 aromatic heterocycles. The normalized spacial score (nSPS) is 13.6. The molecule has 1 rings (SSSR count). The van der Waals surface area contributed by atoms with Gasteiger partial charge in [-0.15, -0.1) is 0 Å². The van der Waals surface area contributed by atoms with Crippen molar-refractivity contribution in [2.24, 2.45) is 0 Å². The van der Waals surface area contributed by atoms with Crippen molar-refractivity contribution in [1.82, 2.24) is 4.90 Å². The molecule has 0 aliphatic carbocycles. The molecule has 1 aromatic rings. The van der Waals surface area contributed by atoms with E-state index in [0.29, 0.717) is 6.61 Å². The molecule has 0 bridgehead atoms. The number of likely N-dealkylation sites (N-methyl/N-ethyl adjacent to an activating group) is 1. The van der Waals surface area contributed by atoms with Crippen molar-refractivity contribution in [3.63, 3.8) is 0 Å². The molecule has 108 valence electrons. The Morgan fingerprint density at radius 1 is 1.16 bits per heavy atom. The SMILES string of the molecule is CCOc1ccccc1C(O)C(C)(C)N(CC)CC. The Labute approximate surface area is 117 Å². The minimum atomic E-state index is -0.574. The van der Waals surface area contributed by atoms with Gasteiger partial charge in [0.1, 0.15) is 11.9 Å². The van der Waals surface area contributed by atoms with E-state index in [1.165, 1.54) is 0 Å². The zero-order valence-corrected chi connectivity index (χ0v) is 12.8. The quantitative estimate of drug-likeness (QED) is 0.821. The van der Waals surface area contributed by atoms with Crippen LogP contribution in [0.3, 0.4) is 0 Å². The lowest BCUT2D eigenvalue weighted by molar-refractivity contribution is -0.00763. The molecule has 0 amide bonds. The first-order valence-electron chi connectivity index (χ1n) is 7.13. The Morgan fingerprint density at radius 3 is 2.26 bits per heavy atom. The van der Waals surface area contributed by atoms with Crippen LogP contribution in [0.1, 0.15) is 46.3 Å². The van der Waals surface area contributed by atoms with Crippen molar-refractivity contribution < 1.29 is 9.84 Å². The maximum absolute atomic E-state index is 10.8. The average Bonchev–Trinajstić information content (AvgIpc) is 2.40. The van der Waals surface area contributed by atoms with Crippen LogP contribution in [-0.4, -0.2) is 35.2 Å². The van der Waals surface area contributed by atoms with Crippen LogP contribution in [0.2, 0.25) is 0 Å². The second-order valence-corrected chi connectivity index (χ2v) is 5.20. The number of aliphatic hydroxyl groups is 1. The van der Waals surface area contributed by atoms with Crippen LogP contribution >= 0.6 is 0 Å². The molecule has 19 heavy (non-hydrogen) atoms. The zero-order valence-electron chi connectivity index (χ0n) is 12.8. The van der Waals surface area contributed by atoms with Crippen LogP contribution < -0.4 is 4.74 Å². The number of benzene rings is 1. The van der Waals surface area contributed by atoms with Gasteiger partial charge in [0.2, 0.25) is 0 Å². The van der Waals surface area contributed by atoms with E-state index in [1.54, 1.807) is 0 Å². The number of ether oxygens (including phenoxy) is 1. The first-order valence-corrected chi connectivity index (χ1v) is 7.13. The minimum Gasteiger partial charge on any atom is -0.493 e. The van der Waals surface area contributed by atoms with Crippen LogP contribution in [-0.2, 0) is 0 Å². The highest BCUT2D eigenvalue weighted by molar-refractivity contribution is 5.36. The van der Waals surface area contributed by atoms with E-state index in [1.807, 2.05) is 31.2 Å². The molecule has 0 heterocycles. The fraction of sp³-hybridized carbons (Fsp3) is 0.625. The Bertz CT molecular complexity index is 386. The number of hydrogen-bond donors (Lipinski definition) is 1. The summed E-state index contributed by atoms with van der Waals surface area (Å²) in [6.45, 7) is 12.8. The van der Waals surface area contributed by atoms with Gasteiger partial charge in [-0.1, -0.05) is 32.0 Å². The van der Waals surface area contributed by atoms with E-state index < -0.39 is 6.10 Å². The van der Waals surface area contributed by atoms with Gasteiger partial charge >= 0.3 is 0 Å². The van der Waals surface area contributed by atoms with Gasteiger partial charge in [-0.05, 0) is 39.9 Å². The zero-order chi connectivity index (χ0) is 14.5. The summed E-state index contributed by atoms with van der Waals surface area (Å²) < 4.78 is 5.62. The molecule has 1 aromatic carbocycles. The molecule has 0 spiro atoms. The predicted molar refractivity (Wildman–Crippen MR) is 79.6 cm³/mol. The van der Waals surface area contributed by atoms with Crippen LogP contribution in [0, 0.1) is 0 Å². The standard InChI is InChI=1S/C16H27NO2/c1-6-17(7-2)16(4,5)15(18)13-11-9-10-12-14(13)19-8-3/h9-12,15,18H,6-8H2,1-5H3. The molecule has 1 unspecified atom stereocenters. The maximum atomic E-state index is 10.8. The lowest BCUT2D eigenvalue weighted by atomic mass is 9.89. The largest absolute Gasteiger partial charge is 0.493 e. The van der Waals surface area contributed by atoms with E-state index in [9.17, 15) is 5.11 Å². The fourth-order valence-corrected chi connectivity index (χ4v) is 2.59. The molecule has 0 aliphatic rings. The van der Waals surface area contributed by atoms with Crippen LogP contribution in [0.25, 0.3) is 0 Å². The number of para-hydroxylation sites is 1. The molecule has 3 heteroatoms. The van der Waals surface area contributed by atoms with Crippen molar-refractivity contribution in [2.75, 3.05) is 19.7 Å². The highest BCUT2D eigenvalue weighted by atomic mass is 16.5. The van der Waals surface area contributed by atoms with Gasteiger partial charge in [0.15, 0.2) is 0 Å². The van der Waals surface area contributed by atoms with E-state index >= 15 is 0 Å². The second kappa shape index (κ2) is 6.92. The summed E-state index contributed by atoms with van der Waals surface area (Å²) in [7, 11) is 0. The summed E-state index contributed by atoms with van der Waals surface area (Å²) in [5.41, 5.74) is 0.540. The van der Waals surface area contributed by atoms with Gasteiger partial charge in [-0.3, -0.25) is 4.90 Å². The van der Waals surface area contributed by atoms with Crippen molar-refractivity contribution in [2.45, 2.75) is 46.3 Å². The number of aliphatic hydroxyl groups excluding tert-OH is 1. The lowest BCUT2D eigenvalue weighted by Gasteiger charge is -2.41. The Morgan fingerprint density at radius 2 is 1.74 bits per heavy atom. The van der Waals surface area contributed by atoms with Gasteiger partial charge in [0.25, 0.3) is 0 Å². The summed E-state index contributed by atoms with van der Waals surface area (Å²) in [6.07, 6.45) is -0.574. The average molecular weight is 265 g/mol. The smallest absolute Gasteiger partial charge is 0.125 e. The van der Waals surface area contributed by atoms with Gasteiger partial charge in [-0.25, -0.2) is 0 Å². The topological polar surface area (TPSA) is 32.7 Å². The summed E-state index contributed by atoms with van der Waals surface area (Å²) in [5, 5.41) is 10.8. The minimum absolute atomic E-state index is 0.323. The highest BCUT2D eigenvalue weighted by Crippen LogP contribution is 2.35. The fourth-order valence-electron chi connectivity index (χ4n) is 2.59. The van der Waals surface area contributed by atoms with Gasteiger partial charge in [0, 0.05) is 11.1 Å². The second-order valence-electron chi connectivity index (χ2n) is 5.20. The van der Waals surface area contributed by atoms with Gasteiger partial charge in [-0.2, -0.15) is 0 Å². The summed E-state index contributed by atoms with van der Waals surface area (Å²) >= 11 is 0. The number of hydrogen-bond acceptors (Lipinski definition) is 3. The number of rotatable bonds is 7. The predicted octanol–water partition coefficient (Wildman–Crippen LogP) is 3.24. The number of nitrogens with zero attached hydrogens (tertiary/aromatic N) is 1. The first-order chi connectivity index (χ1) is 8.98. The molecule has 1 atom stereocenters. The monoisotopic (exact) mass is 265 g/mol. The summed E-state index contributed by atoms with van der Waals surface area (Å²) in [5.74, 6) is 0.776. The maximum Gasteiger partial charge on any atom is 0.125 e. The Hall–Kier alpha value is -1.06. The van der Waals surface area contributed by atoms with E-state index in [-0.39, 0.29) is 5.54 Å². The van der Waals surface area contributed by atoms with Crippen molar-refractivity contribution in [3.8, 4) is 5.75 Å². The Balaban J connectivity index is 3.08. The summed E-state index contributed by atoms with van der Waals surface area (Å²) in [4.78, 5) is 2.26. The molecule has 0 aliphatic heterocycles. The van der Waals surface area contributed by atoms with Gasteiger partial charge < -0.3 is 9.84 Å². The van der Waals surface area contributed by atoms with Crippen LogP contribution in [0.15, 0.2) is 24.3 Å². The molecule has 0 radical (unpaired) electrons. The molecule has 1 N–H and O–H groups in total. The molecule has 0 saturated carbocycles. The third kappa shape index (κ3) is 3.48. The third-order valence-corrected chi connectivity index (χ3v) is 3.76. The van der Waals surface area contributed by atoms with Crippen LogP contribution in [0.5, 0.6) is 5.75 Å². The first kappa shape index (κ1) is 16.0. The molecule has 0 fully saturated rings.